The highest BCUT2D eigenvalue weighted by Crippen LogP contribution is 2.14. The summed E-state index contributed by atoms with van der Waals surface area (Å²) < 4.78 is 0.946. The van der Waals surface area contributed by atoms with Crippen LogP contribution in [-0.2, 0) is 9.59 Å². The fraction of sp³-hybridized carbons (Fsp3) is 0.200. The summed E-state index contributed by atoms with van der Waals surface area (Å²) in [6.45, 7) is 0. The third kappa shape index (κ3) is 2.59. The van der Waals surface area contributed by atoms with Gasteiger partial charge in [0.05, 0.1) is 6.42 Å². The highest BCUT2D eigenvalue weighted by Gasteiger charge is 2.27. The number of halogens is 1. The Balaban J connectivity index is 1.97. The predicted molar refractivity (Wildman–Crippen MR) is 62.5 cm³/mol. The first-order valence-corrected chi connectivity index (χ1v) is 5.55. The molecule has 0 aromatic heterocycles. The van der Waals surface area contributed by atoms with E-state index in [-0.39, 0.29) is 18.2 Å². The summed E-state index contributed by atoms with van der Waals surface area (Å²) in [6, 6.07) is 6.73. The molecule has 84 valence electrons. The molecule has 1 aromatic carbocycles. The van der Waals surface area contributed by atoms with Crippen molar-refractivity contribution < 1.29 is 9.59 Å². The van der Waals surface area contributed by atoms with Crippen molar-refractivity contribution in [3.05, 3.63) is 28.7 Å². The van der Waals surface area contributed by atoms with Crippen molar-refractivity contribution in [2.45, 2.75) is 12.5 Å². The van der Waals surface area contributed by atoms with Crippen LogP contribution in [-0.4, -0.2) is 17.9 Å². The highest BCUT2D eigenvalue weighted by atomic mass is 79.9. The molecule has 2 amide bonds. The third-order valence-electron chi connectivity index (χ3n) is 2.20. The summed E-state index contributed by atoms with van der Waals surface area (Å²) >= 11 is 3.31. The van der Waals surface area contributed by atoms with E-state index >= 15 is 0 Å². The lowest BCUT2D eigenvalue weighted by Crippen LogP contribution is -2.39. The number of carbonyl (C=O) groups excluding carboxylic acids is 2. The Kier molecular flexibility index (Phi) is 3.21. The number of rotatable bonds is 2. The minimum Gasteiger partial charge on any atom is -0.325 e. The molecule has 2 rings (SSSR count). The standard InChI is InChI=1S/C10H10BrN3O2/c11-6-1-3-7(4-2-6)12-10(16)8-5-9(15)14-13-8/h1-4,8,13H,5H2,(H,12,16)(H,14,15)/t8-/m1/s1. The molecule has 0 spiro atoms. The van der Waals surface area contributed by atoms with Crippen LogP contribution in [0.5, 0.6) is 0 Å². The van der Waals surface area contributed by atoms with Crippen molar-refractivity contribution in [3.8, 4) is 0 Å². The molecule has 5 nitrogen and oxygen atoms in total. The zero-order valence-corrected chi connectivity index (χ0v) is 9.87. The fourth-order valence-electron chi connectivity index (χ4n) is 1.38. The molecule has 0 saturated carbocycles. The van der Waals surface area contributed by atoms with Crippen molar-refractivity contribution in [3.63, 3.8) is 0 Å². The van der Waals surface area contributed by atoms with Gasteiger partial charge in [-0.3, -0.25) is 15.0 Å². The van der Waals surface area contributed by atoms with E-state index in [1.54, 1.807) is 12.1 Å². The molecule has 0 aliphatic carbocycles. The van der Waals surface area contributed by atoms with Gasteiger partial charge < -0.3 is 5.32 Å². The van der Waals surface area contributed by atoms with E-state index in [1.165, 1.54) is 0 Å². The highest BCUT2D eigenvalue weighted by molar-refractivity contribution is 9.10. The van der Waals surface area contributed by atoms with Gasteiger partial charge in [0.25, 0.3) is 0 Å². The Morgan fingerprint density at radius 1 is 1.38 bits per heavy atom. The molecule has 1 fully saturated rings. The van der Waals surface area contributed by atoms with E-state index in [0.29, 0.717) is 5.69 Å². The van der Waals surface area contributed by atoms with Gasteiger partial charge in [-0.05, 0) is 24.3 Å². The average molecular weight is 284 g/mol. The molecule has 1 saturated heterocycles. The second-order valence-corrected chi connectivity index (χ2v) is 4.36. The van der Waals surface area contributed by atoms with Crippen molar-refractivity contribution in [1.82, 2.24) is 10.9 Å². The van der Waals surface area contributed by atoms with E-state index in [9.17, 15) is 9.59 Å². The molecule has 6 heteroatoms. The van der Waals surface area contributed by atoms with E-state index in [0.717, 1.165) is 4.47 Å². The van der Waals surface area contributed by atoms with Crippen LogP contribution in [0.15, 0.2) is 28.7 Å². The average Bonchev–Trinajstić information content (AvgIpc) is 2.68. The molecule has 0 bridgehead atoms. The number of hydrogen-bond acceptors (Lipinski definition) is 3. The summed E-state index contributed by atoms with van der Waals surface area (Å²) in [4.78, 5) is 22.6. The Morgan fingerprint density at radius 2 is 2.06 bits per heavy atom. The first kappa shape index (κ1) is 11.1. The number of anilines is 1. The largest absolute Gasteiger partial charge is 0.325 e. The van der Waals surface area contributed by atoms with Gasteiger partial charge in [-0.1, -0.05) is 15.9 Å². The minimum atomic E-state index is -0.504. The maximum absolute atomic E-state index is 11.7. The van der Waals surface area contributed by atoms with Gasteiger partial charge in [0.15, 0.2) is 0 Å². The van der Waals surface area contributed by atoms with Gasteiger partial charge in [0.2, 0.25) is 11.8 Å². The first-order valence-electron chi connectivity index (χ1n) is 4.76. The van der Waals surface area contributed by atoms with Gasteiger partial charge in [-0.15, -0.1) is 0 Å². The summed E-state index contributed by atoms with van der Waals surface area (Å²) in [7, 11) is 0. The van der Waals surface area contributed by atoms with Crippen molar-refractivity contribution in [1.29, 1.82) is 0 Å². The van der Waals surface area contributed by atoms with Crippen LogP contribution in [0, 0.1) is 0 Å². The molecule has 0 radical (unpaired) electrons. The maximum atomic E-state index is 11.7. The monoisotopic (exact) mass is 283 g/mol. The molecular formula is C10H10BrN3O2. The number of hydrogen-bond donors (Lipinski definition) is 3. The Morgan fingerprint density at radius 3 is 2.62 bits per heavy atom. The van der Waals surface area contributed by atoms with Gasteiger partial charge in [0, 0.05) is 10.2 Å². The fourth-order valence-corrected chi connectivity index (χ4v) is 1.64. The summed E-state index contributed by atoms with van der Waals surface area (Å²) in [5.41, 5.74) is 5.71. The number of carbonyl (C=O) groups is 2. The van der Waals surface area contributed by atoms with Crippen LogP contribution >= 0.6 is 15.9 Å². The van der Waals surface area contributed by atoms with Crippen LogP contribution in [0.3, 0.4) is 0 Å². The molecule has 1 atom stereocenters. The van der Waals surface area contributed by atoms with Crippen LogP contribution < -0.4 is 16.2 Å². The maximum Gasteiger partial charge on any atom is 0.243 e. The molecule has 1 aliphatic rings. The number of benzene rings is 1. The van der Waals surface area contributed by atoms with Crippen molar-refractivity contribution in [2.24, 2.45) is 0 Å². The molecule has 1 heterocycles. The van der Waals surface area contributed by atoms with E-state index in [4.69, 9.17) is 0 Å². The van der Waals surface area contributed by atoms with Crippen LogP contribution in [0.2, 0.25) is 0 Å². The van der Waals surface area contributed by atoms with Crippen LogP contribution in [0.4, 0.5) is 5.69 Å². The first-order chi connectivity index (χ1) is 7.65. The van der Waals surface area contributed by atoms with Gasteiger partial charge in [-0.2, -0.15) is 0 Å². The van der Waals surface area contributed by atoms with Gasteiger partial charge in [-0.25, -0.2) is 5.43 Å². The topological polar surface area (TPSA) is 70.2 Å². The quantitative estimate of drug-likeness (QED) is 0.751. The van der Waals surface area contributed by atoms with Crippen LogP contribution in [0.1, 0.15) is 6.42 Å². The van der Waals surface area contributed by atoms with Gasteiger partial charge in [0.1, 0.15) is 6.04 Å². The second-order valence-electron chi connectivity index (χ2n) is 3.45. The zero-order valence-electron chi connectivity index (χ0n) is 8.29. The number of hydrazine groups is 1. The Hall–Kier alpha value is -1.40. The molecule has 0 unspecified atom stereocenters. The second kappa shape index (κ2) is 4.63. The molecule has 3 N–H and O–H groups in total. The zero-order chi connectivity index (χ0) is 11.5. The lowest BCUT2D eigenvalue weighted by molar-refractivity contribution is -0.121. The van der Waals surface area contributed by atoms with Gasteiger partial charge >= 0.3 is 0 Å². The SMILES string of the molecule is O=C1C[C@H](C(=O)Nc2ccc(Br)cc2)NN1. The molecule has 16 heavy (non-hydrogen) atoms. The minimum absolute atomic E-state index is 0.169. The Bertz CT molecular complexity index is 419. The van der Waals surface area contributed by atoms with E-state index in [2.05, 4.69) is 32.1 Å². The number of nitrogens with one attached hydrogen (secondary N) is 3. The lowest BCUT2D eigenvalue weighted by atomic mass is 10.2. The molecule has 1 aromatic rings. The van der Waals surface area contributed by atoms with Crippen molar-refractivity contribution in [2.75, 3.05) is 5.32 Å². The number of amides is 2. The van der Waals surface area contributed by atoms with E-state index in [1.807, 2.05) is 12.1 Å². The predicted octanol–water partition coefficient (Wildman–Crippen LogP) is 0.781. The lowest BCUT2D eigenvalue weighted by Gasteiger charge is -2.09. The summed E-state index contributed by atoms with van der Waals surface area (Å²) in [6.07, 6.45) is 0.169. The smallest absolute Gasteiger partial charge is 0.243 e. The van der Waals surface area contributed by atoms with E-state index < -0.39 is 6.04 Å². The molecule has 1 aliphatic heterocycles. The summed E-state index contributed by atoms with van der Waals surface area (Å²) in [5, 5.41) is 2.72. The molecular weight excluding hydrogens is 274 g/mol. The van der Waals surface area contributed by atoms with Crippen molar-refractivity contribution >= 4 is 33.4 Å². The normalized spacial score (nSPS) is 19.3. The summed E-state index contributed by atoms with van der Waals surface area (Å²) in [5.74, 6) is -0.392. The Labute approximate surface area is 101 Å². The van der Waals surface area contributed by atoms with Crippen LogP contribution in [0.25, 0.3) is 0 Å². The third-order valence-corrected chi connectivity index (χ3v) is 2.73.